The number of hydrogen-bond acceptors (Lipinski definition) is 6. The third kappa shape index (κ3) is 3.99. The van der Waals surface area contributed by atoms with Crippen LogP contribution >= 0.6 is 35.3 Å². The number of carbonyl (C=O) groups excluding carboxylic acids is 2. The molecule has 0 aliphatic carbocycles. The number of pyridine rings is 1. The molecular weight excluding hydrogens is 410 g/mol. The van der Waals surface area contributed by atoms with Crippen molar-refractivity contribution in [2.75, 3.05) is 11.9 Å². The predicted octanol–water partition coefficient (Wildman–Crippen LogP) is 4.53. The van der Waals surface area contributed by atoms with Crippen LogP contribution in [0.15, 0.2) is 58.9 Å². The van der Waals surface area contributed by atoms with Gasteiger partial charge in [-0.2, -0.15) is 0 Å². The van der Waals surface area contributed by atoms with E-state index in [9.17, 15) is 9.59 Å². The van der Waals surface area contributed by atoms with Crippen LogP contribution in [0.5, 0.6) is 0 Å². The lowest BCUT2D eigenvalue weighted by molar-refractivity contribution is -0.122. The summed E-state index contributed by atoms with van der Waals surface area (Å²) in [6, 6.07) is 13.3. The fraction of sp³-hybridized carbons (Fsp3) is 0.100. The van der Waals surface area contributed by atoms with E-state index in [0.717, 1.165) is 15.8 Å². The summed E-state index contributed by atoms with van der Waals surface area (Å²) in [5, 5.41) is 5.80. The van der Waals surface area contributed by atoms with E-state index >= 15 is 0 Å². The fourth-order valence-corrected chi connectivity index (χ4v) is 4.86. The van der Waals surface area contributed by atoms with Crippen molar-refractivity contribution in [3.63, 3.8) is 0 Å². The van der Waals surface area contributed by atoms with Gasteiger partial charge in [-0.25, -0.2) is 0 Å². The minimum atomic E-state index is -0.186. The van der Waals surface area contributed by atoms with Gasteiger partial charge in [-0.05, 0) is 29.7 Å². The van der Waals surface area contributed by atoms with E-state index < -0.39 is 0 Å². The number of benzene rings is 1. The second-order valence-electron chi connectivity index (χ2n) is 6.03. The number of thiocarbonyl (C=S) groups is 1. The van der Waals surface area contributed by atoms with Gasteiger partial charge >= 0.3 is 0 Å². The average molecular weight is 426 g/mol. The molecule has 2 amide bonds. The Morgan fingerprint density at radius 1 is 1.21 bits per heavy atom. The summed E-state index contributed by atoms with van der Waals surface area (Å²) >= 11 is 8.16. The smallest absolute Gasteiger partial charge is 0.266 e. The monoisotopic (exact) mass is 425 g/mol. The van der Waals surface area contributed by atoms with Crippen LogP contribution in [0.2, 0.25) is 0 Å². The minimum Gasteiger partial charge on any atom is -0.324 e. The number of nitrogens with one attached hydrogen (secondary N) is 1. The number of hydrogen-bond donors (Lipinski definition) is 1. The Hall–Kier alpha value is -2.55. The van der Waals surface area contributed by atoms with Crippen LogP contribution in [0.25, 0.3) is 17.0 Å². The molecule has 1 saturated heterocycles. The zero-order valence-electron chi connectivity index (χ0n) is 14.6. The molecule has 0 bridgehead atoms. The van der Waals surface area contributed by atoms with Crippen LogP contribution in [0, 0.1) is 0 Å². The van der Waals surface area contributed by atoms with Crippen molar-refractivity contribution in [2.45, 2.75) is 6.42 Å². The molecule has 4 rings (SSSR count). The molecule has 140 valence electrons. The molecular formula is C20H15N3O2S3. The van der Waals surface area contributed by atoms with E-state index in [1.165, 1.54) is 16.7 Å². The summed E-state index contributed by atoms with van der Waals surface area (Å²) in [6.45, 7) is 0.247. The summed E-state index contributed by atoms with van der Waals surface area (Å²) in [7, 11) is 0. The lowest BCUT2D eigenvalue weighted by Gasteiger charge is -2.14. The molecule has 0 atom stereocenters. The molecule has 5 nitrogen and oxygen atoms in total. The van der Waals surface area contributed by atoms with E-state index in [1.54, 1.807) is 17.5 Å². The molecule has 0 saturated carbocycles. The first-order chi connectivity index (χ1) is 13.6. The van der Waals surface area contributed by atoms with Gasteiger partial charge < -0.3 is 5.32 Å². The van der Waals surface area contributed by atoms with E-state index in [2.05, 4.69) is 10.3 Å². The number of carbonyl (C=O) groups is 2. The molecule has 8 heteroatoms. The molecule has 1 aromatic carbocycles. The van der Waals surface area contributed by atoms with Crippen molar-refractivity contribution in [3.05, 3.63) is 63.8 Å². The number of fused-ring (bicyclic) bond motifs is 1. The molecule has 3 aromatic rings. The fourth-order valence-electron chi connectivity index (χ4n) is 2.83. The van der Waals surface area contributed by atoms with E-state index in [-0.39, 0.29) is 24.8 Å². The Morgan fingerprint density at radius 3 is 2.89 bits per heavy atom. The first-order valence-electron chi connectivity index (χ1n) is 8.54. The number of para-hydroxylation sites is 1. The number of nitrogens with zero attached hydrogens (tertiary/aromatic N) is 2. The molecule has 1 aliphatic heterocycles. The maximum Gasteiger partial charge on any atom is 0.266 e. The highest BCUT2D eigenvalue weighted by molar-refractivity contribution is 8.26. The number of aromatic nitrogens is 1. The minimum absolute atomic E-state index is 0.150. The second-order valence-corrected chi connectivity index (χ2v) is 8.68. The van der Waals surface area contributed by atoms with Crippen LogP contribution in [0.1, 0.15) is 11.3 Å². The Kier molecular flexibility index (Phi) is 5.52. The summed E-state index contributed by atoms with van der Waals surface area (Å²) in [6.07, 6.45) is 3.69. The maximum absolute atomic E-state index is 12.6. The quantitative estimate of drug-likeness (QED) is 0.481. The van der Waals surface area contributed by atoms with Gasteiger partial charge in [0.15, 0.2) is 0 Å². The van der Waals surface area contributed by atoms with Crippen molar-refractivity contribution in [1.82, 2.24) is 9.88 Å². The molecule has 0 unspecified atom stereocenters. The first kappa shape index (κ1) is 18.8. The topological polar surface area (TPSA) is 62.3 Å². The van der Waals surface area contributed by atoms with Crippen molar-refractivity contribution >= 4 is 74.1 Å². The van der Waals surface area contributed by atoms with Gasteiger partial charge in [0, 0.05) is 29.4 Å². The number of rotatable bonds is 5. The summed E-state index contributed by atoms with van der Waals surface area (Å²) in [4.78, 5) is 32.4. The molecule has 0 radical (unpaired) electrons. The normalized spacial score (nSPS) is 15.6. The summed E-state index contributed by atoms with van der Waals surface area (Å²) in [5.41, 5.74) is 1.40. The molecule has 3 heterocycles. The molecule has 0 spiro atoms. The Bertz CT molecular complexity index is 1090. The lowest BCUT2D eigenvalue weighted by Crippen LogP contribution is -2.31. The van der Waals surface area contributed by atoms with Crippen LogP contribution in [0.4, 0.5) is 5.69 Å². The third-order valence-electron chi connectivity index (χ3n) is 4.16. The highest BCUT2D eigenvalue weighted by atomic mass is 32.2. The van der Waals surface area contributed by atoms with Crippen molar-refractivity contribution in [2.24, 2.45) is 0 Å². The van der Waals surface area contributed by atoms with Gasteiger partial charge in [0.05, 0.1) is 16.1 Å². The van der Waals surface area contributed by atoms with Gasteiger partial charge in [-0.3, -0.25) is 19.5 Å². The SMILES string of the molecule is O=C(CCN1C(=O)C(=Cc2cccs2)SC1=S)Nc1cccc2cccnc12. The van der Waals surface area contributed by atoms with Crippen LogP contribution in [0.3, 0.4) is 0 Å². The third-order valence-corrected chi connectivity index (χ3v) is 6.36. The number of thioether (sulfide) groups is 1. The van der Waals surface area contributed by atoms with E-state index in [1.807, 2.05) is 53.9 Å². The van der Waals surface area contributed by atoms with Gasteiger partial charge in [-0.15, -0.1) is 11.3 Å². The Labute approximate surface area is 175 Å². The molecule has 1 N–H and O–H groups in total. The molecule has 28 heavy (non-hydrogen) atoms. The molecule has 1 fully saturated rings. The van der Waals surface area contributed by atoms with Crippen LogP contribution in [-0.2, 0) is 9.59 Å². The van der Waals surface area contributed by atoms with Gasteiger partial charge in [-0.1, -0.05) is 48.2 Å². The van der Waals surface area contributed by atoms with Crippen molar-refractivity contribution < 1.29 is 9.59 Å². The molecule has 1 aliphatic rings. The summed E-state index contributed by atoms with van der Waals surface area (Å²) < 4.78 is 0.479. The zero-order chi connectivity index (χ0) is 19.5. The standard InChI is InChI=1S/C20H15N3O2S3/c24-17(22-15-7-1-4-13-5-2-9-21-18(13)15)8-10-23-19(25)16(28-20(23)26)12-14-6-3-11-27-14/h1-7,9,11-12H,8,10H2,(H,22,24). The second kappa shape index (κ2) is 8.22. The van der Waals surface area contributed by atoms with Gasteiger partial charge in [0.25, 0.3) is 5.91 Å². The number of anilines is 1. The first-order valence-corrected chi connectivity index (χ1v) is 10.6. The largest absolute Gasteiger partial charge is 0.324 e. The highest BCUT2D eigenvalue weighted by Crippen LogP contribution is 2.33. The van der Waals surface area contributed by atoms with E-state index in [4.69, 9.17) is 12.2 Å². The average Bonchev–Trinajstić information content (AvgIpc) is 3.29. The number of amides is 2. The summed E-state index contributed by atoms with van der Waals surface area (Å²) in [5.74, 6) is -0.336. The highest BCUT2D eigenvalue weighted by Gasteiger charge is 2.32. The van der Waals surface area contributed by atoms with Crippen LogP contribution in [-0.4, -0.2) is 32.6 Å². The Balaban J connectivity index is 1.41. The van der Waals surface area contributed by atoms with Gasteiger partial charge in [0.1, 0.15) is 4.32 Å². The van der Waals surface area contributed by atoms with Crippen molar-refractivity contribution in [3.8, 4) is 0 Å². The van der Waals surface area contributed by atoms with Gasteiger partial charge in [0.2, 0.25) is 5.91 Å². The Morgan fingerprint density at radius 2 is 2.07 bits per heavy atom. The maximum atomic E-state index is 12.6. The predicted molar refractivity (Wildman–Crippen MR) is 119 cm³/mol. The zero-order valence-corrected chi connectivity index (χ0v) is 17.1. The van der Waals surface area contributed by atoms with E-state index in [0.29, 0.717) is 14.9 Å². The lowest BCUT2D eigenvalue weighted by atomic mass is 10.2. The van der Waals surface area contributed by atoms with Crippen LogP contribution < -0.4 is 5.32 Å². The molecule has 2 aromatic heterocycles. The van der Waals surface area contributed by atoms with Crippen molar-refractivity contribution in [1.29, 1.82) is 0 Å². The number of thiophene rings is 1.